The molecule has 1 aliphatic carbocycles. The van der Waals surface area contributed by atoms with Crippen LogP contribution in [0.25, 0.3) is 66.4 Å². The molecule has 288 valence electrons. The predicted molar refractivity (Wildman–Crippen MR) is 258 cm³/mol. The number of nitrogens with zero attached hydrogens (tertiary/aromatic N) is 1. The standard InChI is InChI=1S/C60H43N/c1-60(51-22-6-3-7-23-51)55-26-12-10-25-54(55)59-56(60)27-15-29-58(59)61(57-28-13-11-24-53(57)50-21-14-20-48(41-50)42-16-4-2-5-17-42)52-38-36-45(37-39-52)44-30-32-46(33-31-44)49-35-34-43-18-8-9-19-47(43)40-49/h2-41H,1H3. The largest absolute Gasteiger partial charge is 0.309 e. The number of para-hydroxylation sites is 1. The summed E-state index contributed by atoms with van der Waals surface area (Å²) >= 11 is 0. The van der Waals surface area contributed by atoms with E-state index < -0.39 is 0 Å². The van der Waals surface area contributed by atoms with Gasteiger partial charge in [0.25, 0.3) is 0 Å². The molecule has 61 heavy (non-hydrogen) atoms. The van der Waals surface area contributed by atoms with Crippen molar-refractivity contribution in [2.24, 2.45) is 0 Å². The summed E-state index contributed by atoms with van der Waals surface area (Å²) in [4.78, 5) is 2.49. The van der Waals surface area contributed by atoms with E-state index in [1.54, 1.807) is 0 Å². The summed E-state index contributed by atoms with van der Waals surface area (Å²) in [6.45, 7) is 2.39. The van der Waals surface area contributed by atoms with Crippen molar-refractivity contribution in [3.05, 3.63) is 259 Å². The zero-order chi connectivity index (χ0) is 40.8. The van der Waals surface area contributed by atoms with Crippen LogP contribution in [0.4, 0.5) is 17.1 Å². The second-order valence-electron chi connectivity index (χ2n) is 16.2. The molecule has 1 unspecified atom stereocenters. The van der Waals surface area contributed by atoms with Gasteiger partial charge in [0.05, 0.1) is 11.4 Å². The second kappa shape index (κ2) is 15.1. The van der Waals surface area contributed by atoms with Crippen molar-refractivity contribution in [2.45, 2.75) is 12.3 Å². The van der Waals surface area contributed by atoms with Crippen molar-refractivity contribution in [2.75, 3.05) is 4.90 Å². The maximum absolute atomic E-state index is 2.49. The second-order valence-corrected chi connectivity index (χ2v) is 16.2. The summed E-state index contributed by atoms with van der Waals surface area (Å²) in [7, 11) is 0. The lowest BCUT2D eigenvalue weighted by Gasteiger charge is -2.31. The molecule has 0 radical (unpaired) electrons. The average Bonchev–Trinajstić information content (AvgIpc) is 3.61. The van der Waals surface area contributed by atoms with E-state index in [1.165, 1.54) is 83.1 Å². The minimum atomic E-state index is -0.318. The molecule has 1 aliphatic rings. The molecule has 0 aliphatic heterocycles. The first kappa shape index (κ1) is 36.3. The number of rotatable bonds is 8. The van der Waals surface area contributed by atoms with Gasteiger partial charge in [-0.3, -0.25) is 0 Å². The summed E-state index contributed by atoms with van der Waals surface area (Å²) in [5, 5.41) is 2.52. The van der Waals surface area contributed by atoms with Crippen LogP contribution in [-0.4, -0.2) is 0 Å². The summed E-state index contributed by atoms with van der Waals surface area (Å²) in [5.74, 6) is 0. The number of anilines is 3. The molecule has 1 nitrogen and oxygen atoms in total. The van der Waals surface area contributed by atoms with E-state index in [4.69, 9.17) is 0 Å². The Labute approximate surface area is 358 Å². The Balaban J connectivity index is 1.06. The topological polar surface area (TPSA) is 3.24 Å². The van der Waals surface area contributed by atoms with E-state index in [-0.39, 0.29) is 5.41 Å². The van der Waals surface area contributed by atoms with E-state index in [0.717, 1.165) is 17.1 Å². The number of hydrogen-bond donors (Lipinski definition) is 0. The normalized spacial score (nSPS) is 14.0. The zero-order valence-corrected chi connectivity index (χ0v) is 34.0. The monoisotopic (exact) mass is 777 g/mol. The van der Waals surface area contributed by atoms with Gasteiger partial charge in [0.2, 0.25) is 0 Å². The molecule has 0 aromatic heterocycles. The first-order valence-electron chi connectivity index (χ1n) is 21.2. The molecule has 11 rings (SSSR count). The summed E-state index contributed by atoms with van der Waals surface area (Å²) < 4.78 is 0. The van der Waals surface area contributed by atoms with Gasteiger partial charge in [-0.25, -0.2) is 0 Å². The number of fused-ring (bicyclic) bond motifs is 4. The highest BCUT2D eigenvalue weighted by Crippen LogP contribution is 2.57. The minimum Gasteiger partial charge on any atom is -0.309 e. The molecule has 0 saturated heterocycles. The van der Waals surface area contributed by atoms with Gasteiger partial charge in [0, 0.05) is 22.2 Å². The molecule has 1 heteroatoms. The highest BCUT2D eigenvalue weighted by molar-refractivity contribution is 5.99. The van der Waals surface area contributed by atoms with E-state index in [9.17, 15) is 0 Å². The van der Waals surface area contributed by atoms with Gasteiger partial charge in [-0.1, -0.05) is 206 Å². The van der Waals surface area contributed by atoms with Gasteiger partial charge < -0.3 is 4.90 Å². The van der Waals surface area contributed by atoms with E-state index in [1.807, 2.05) is 0 Å². The van der Waals surface area contributed by atoms with Gasteiger partial charge in [0.15, 0.2) is 0 Å². The fraction of sp³-hybridized carbons (Fsp3) is 0.0333. The van der Waals surface area contributed by atoms with Crippen molar-refractivity contribution in [3.8, 4) is 55.6 Å². The lowest BCUT2D eigenvalue weighted by Crippen LogP contribution is -2.22. The molecule has 0 spiro atoms. The van der Waals surface area contributed by atoms with Crippen LogP contribution in [0.15, 0.2) is 243 Å². The van der Waals surface area contributed by atoms with Crippen molar-refractivity contribution in [1.29, 1.82) is 0 Å². The SMILES string of the molecule is CC1(c2ccccc2)c2ccccc2-c2c(N(c3ccc(-c4ccc(-c5ccc6ccccc6c5)cc4)cc3)c3ccccc3-c3cccc(-c4ccccc4)c3)cccc21. The van der Waals surface area contributed by atoms with Gasteiger partial charge in [-0.15, -0.1) is 0 Å². The minimum absolute atomic E-state index is 0.318. The number of hydrogen-bond acceptors (Lipinski definition) is 1. The van der Waals surface area contributed by atoms with Crippen LogP contribution in [0, 0.1) is 0 Å². The molecule has 0 saturated carbocycles. The molecule has 0 N–H and O–H groups in total. The third-order valence-electron chi connectivity index (χ3n) is 12.8. The average molecular weight is 778 g/mol. The molecule has 0 heterocycles. The van der Waals surface area contributed by atoms with Crippen LogP contribution in [-0.2, 0) is 5.41 Å². The smallest absolute Gasteiger partial charge is 0.0543 e. The predicted octanol–water partition coefficient (Wildman–Crippen LogP) is 16.3. The van der Waals surface area contributed by atoms with Crippen molar-refractivity contribution in [1.82, 2.24) is 0 Å². The molecule has 0 amide bonds. The van der Waals surface area contributed by atoms with Crippen LogP contribution in [0.2, 0.25) is 0 Å². The fourth-order valence-electron chi connectivity index (χ4n) is 9.64. The molecule has 0 bridgehead atoms. The Morgan fingerprint density at radius 2 is 0.803 bits per heavy atom. The third kappa shape index (κ3) is 6.34. The van der Waals surface area contributed by atoms with E-state index in [2.05, 4.69) is 254 Å². The summed E-state index contributed by atoms with van der Waals surface area (Å²) in [6, 6.07) is 88.8. The van der Waals surface area contributed by atoms with Gasteiger partial charge in [-0.2, -0.15) is 0 Å². The lowest BCUT2D eigenvalue weighted by molar-refractivity contribution is 0.714. The highest BCUT2D eigenvalue weighted by atomic mass is 15.1. The van der Waals surface area contributed by atoms with Gasteiger partial charge in [-0.05, 0) is 115 Å². The molecular formula is C60H43N. The Hall–Kier alpha value is -7.74. The summed E-state index contributed by atoms with van der Waals surface area (Å²) in [5.41, 5.74) is 19.1. The van der Waals surface area contributed by atoms with Crippen molar-refractivity contribution in [3.63, 3.8) is 0 Å². The maximum Gasteiger partial charge on any atom is 0.0543 e. The van der Waals surface area contributed by atoms with Crippen LogP contribution in [0.5, 0.6) is 0 Å². The molecule has 10 aromatic rings. The first-order valence-corrected chi connectivity index (χ1v) is 21.2. The maximum atomic E-state index is 2.49. The van der Waals surface area contributed by atoms with Gasteiger partial charge in [0.1, 0.15) is 0 Å². The Bertz CT molecular complexity index is 3180. The Kier molecular flexibility index (Phi) is 9.02. The first-order chi connectivity index (χ1) is 30.1. The van der Waals surface area contributed by atoms with Crippen molar-refractivity contribution < 1.29 is 0 Å². The van der Waals surface area contributed by atoms with Crippen LogP contribution in [0.1, 0.15) is 23.6 Å². The molecule has 1 atom stereocenters. The fourth-order valence-corrected chi connectivity index (χ4v) is 9.64. The van der Waals surface area contributed by atoms with E-state index in [0.29, 0.717) is 0 Å². The van der Waals surface area contributed by atoms with Crippen LogP contribution in [0.3, 0.4) is 0 Å². The lowest BCUT2D eigenvalue weighted by atomic mass is 9.74. The third-order valence-corrected chi connectivity index (χ3v) is 12.8. The Morgan fingerprint density at radius 1 is 0.311 bits per heavy atom. The molecule has 0 fully saturated rings. The number of benzene rings is 10. The van der Waals surface area contributed by atoms with Crippen LogP contribution < -0.4 is 4.90 Å². The zero-order valence-electron chi connectivity index (χ0n) is 34.0. The van der Waals surface area contributed by atoms with Gasteiger partial charge >= 0.3 is 0 Å². The van der Waals surface area contributed by atoms with Crippen molar-refractivity contribution >= 4 is 27.8 Å². The quantitative estimate of drug-likeness (QED) is 0.149. The molecule has 10 aromatic carbocycles. The molecular weight excluding hydrogens is 735 g/mol. The Morgan fingerprint density at radius 3 is 1.57 bits per heavy atom. The summed E-state index contributed by atoms with van der Waals surface area (Å²) in [6.07, 6.45) is 0. The van der Waals surface area contributed by atoms with E-state index >= 15 is 0 Å². The van der Waals surface area contributed by atoms with Crippen LogP contribution >= 0.6 is 0 Å². The highest BCUT2D eigenvalue weighted by Gasteiger charge is 2.42.